The van der Waals surface area contributed by atoms with Gasteiger partial charge in [-0.2, -0.15) is 4.98 Å². The van der Waals surface area contributed by atoms with Crippen molar-refractivity contribution in [2.45, 2.75) is 13.8 Å². The molecule has 3 rings (SSSR count). The van der Waals surface area contributed by atoms with Gasteiger partial charge < -0.3 is 10.3 Å². The molecule has 3 aromatic rings. The van der Waals surface area contributed by atoms with E-state index in [4.69, 9.17) is 10.3 Å². The van der Waals surface area contributed by atoms with E-state index >= 15 is 0 Å². The summed E-state index contributed by atoms with van der Waals surface area (Å²) < 4.78 is 5.24. The number of nitrogens with zero attached hydrogens (tertiary/aromatic N) is 3. The molecular weight excluding hydrogens is 260 g/mol. The van der Waals surface area contributed by atoms with Gasteiger partial charge in [0.1, 0.15) is 4.88 Å². The van der Waals surface area contributed by atoms with Gasteiger partial charge in [0.25, 0.3) is 5.89 Å². The van der Waals surface area contributed by atoms with E-state index in [1.165, 1.54) is 22.5 Å². The number of aryl methyl sites for hydroxylation is 2. The summed E-state index contributed by atoms with van der Waals surface area (Å²) in [4.78, 5) is 9.12. The Labute approximate surface area is 114 Å². The molecule has 0 bridgehead atoms. The quantitative estimate of drug-likeness (QED) is 0.775. The molecular formula is C13H12N4OS. The zero-order chi connectivity index (χ0) is 13.4. The average molecular weight is 272 g/mol. The third-order valence-corrected chi connectivity index (χ3v) is 3.74. The van der Waals surface area contributed by atoms with Crippen LogP contribution in [0.15, 0.2) is 28.9 Å². The third-order valence-electron chi connectivity index (χ3n) is 2.93. The van der Waals surface area contributed by atoms with Crippen LogP contribution in [0.1, 0.15) is 11.1 Å². The third kappa shape index (κ3) is 2.22. The second-order valence-electron chi connectivity index (χ2n) is 4.28. The molecule has 0 atom stereocenters. The lowest BCUT2D eigenvalue weighted by atomic mass is 10.1. The average Bonchev–Trinajstić information content (AvgIpc) is 3.01. The highest BCUT2D eigenvalue weighted by atomic mass is 32.1. The molecule has 0 spiro atoms. The molecule has 0 aliphatic rings. The summed E-state index contributed by atoms with van der Waals surface area (Å²) in [6.07, 6.45) is 1.64. The molecule has 0 saturated heterocycles. The van der Waals surface area contributed by atoms with Gasteiger partial charge in [0.05, 0.1) is 6.20 Å². The van der Waals surface area contributed by atoms with Crippen molar-refractivity contribution in [1.29, 1.82) is 0 Å². The van der Waals surface area contributed by atoms with Crippen molar-refractivity contribution in [2.75, 3.05) is 5.73 Å². The van der Waals surface area contributed by atoms with Crippen molar-refractivity contribution in [3.8, 4) is 22.2 Å². The number of nitrogen functional groups attached to an aromatic ring is 1. The number of hydrogen-bond acceptors (Lipinski definition) is 6. The van der Waals surface area contributed by atoms with Crippen molar-refractivity contribution < 1.29 is 4.52 Å². The smallest absolute Gasteiger partial charge is 0.270 e. The van der Waals surface area contributed by atoms with E-state index in [9.17, 15) is 0 Å². The van der Waals surface area contributed by atoms with Crippen LogP contribution >= 0.6 is 11.3 Å². The monoisotopic (exact) mass is 272 g/mol. The minimum absolute atomic E-state index is 0.447. The fourth-order valence-electron chi connectivity index (χ4n) is 1.71. The highest BCUT2D eigenvalue weighted by molar-refractivity contribution is 7.18. The van der Waals surface area contributed by atoms with Crippen LogP contribution in [-0.4, -0.2) is 15.1 Å². The summed E-state index contributed by atoms with van der Waals surface area (Å²) in [7, 11) is 0. The zero-order valence-electron chi connectivity index (χ0n) is 10.5. The number of nitrogens with two attached hydrogens (primary N) is 1. The van der Waals surface area contributed by atoms with Gasteiger partial charge in [-0.05, 0) is 31.0 Å². The van der Waals surface area contributed by atoms with Gasteiger partial charge >= 0.3 is 0 Å². The summed E-state index contributed by atoms with van der Waals surface area (Å²) in [5.74, 6) is 1.02. The fourth-order valence-corrected chi connectivity index (χ4v) is 2.31. The number of benzene rings is 1. The van der Waals surface area contributed by atoms with E-state index in [2.05, 4.69) is 29.0 Å². The lowest BCUT2D eigenvalue weighted by Crippen LogP contribution is -1.85. The second-order valence-corrected chi connectivity index (χ2v) is 5.35. The van der Waals surface area contributed by atoms with Crippen LogP contribution in [0.4, 0.5) is 5.13 Å². The van der Waals surface area contributed by atoms with Crippen LogP contribution in [0.3, 0.4) is 0 Å². The number of rotatable bonds is 2. The van der Waals surface area contributed by atoms with Crippen LogP contribution in [0.5, 0.6) is 0 Å². The highest BCUT2D eigenvalue weighted by Gasteiger charge is 2.13. The van der Waals surface area contributed by atoms with Gasteiger partial charge in [-0.1, -0.05) is 28.6 Å². The topological polar surface area (TPSA) is 77.8 Å². The fraction of sp³-hybridized carbons (Fsp3) is 0.154. The first-order valence-corrected chi connectivity index (χ1v) is 6.58. The first kappa shape index (κ1) is 11.9. The van der Waals surface area contributed by atoms with Crippen molar-refractivity contribution in [2.24, 2.45) is 0 Å². The van der Waals surface area contributed by atoms with Gasteiger partial charge in [-0.25, -0.2) is 4.98 Å². The maximum Gasteiger partial charge on any atom is 0.270 e. The summed E-state index contributed by atoms with van der Waals surface area (Å²) in [5, 5.41) is 4.48. The SMILES string of the molecule is Cc1ccc(-c2noc(-c3cnc(N)s3)n2)cc1C. The number of aromatic nitrogens is 3. The van der Waals surface area contributed by atoms with Crippen LogP contribution in [-0.2, 0) is 0 Å². The van der Waals surface area contributed by atoms with Crippen molar-refractivity contribution in [3.63, 3.8) is 0 Å². The van der Waals surface area contributed by atoms with E-state index in [1.807, 2.05) is 18.2 Å². The Hall–Kier alpha value is -2.21. The molecule has 0 radical (unpaired) electrons. The number of hydrogen-bond donors (Lipinski definition) is 1. The van der Waals surface area contributed by atoms with Crippen molar-refractivity contribution in [1.82, 2.24) is 15.1 Å². The Morgan fingerprint density at radius 3 is 2.74 bits per heavy atom. The largest absolute Gasteiger partial charge is 0.375 e. The Morgan fingerprint density at radius 1 is 1.21 bits per heavy atom. The summed E-state index contributed by atoms with van der Waals surface area (Å²) in [6.45, 7) is 4.13. The predicted molar refractivity (Wildman–Crippen MR) is 74.7 cm³/mol. The number of anilines is 1. The molecule has 0 amide bonds. The zero-order valence-corrected chi connectivity index (χ0v) is 11.4. The predicted octanol–water partition coefficient (Wildman–Crippen LogP) is 3.06. The maximum atomic E-state index is 5.59. The number of thiazole rings is 1. The molecule has 0 aliphatic heterocycles. The molecule has 0 unspecified atom stereocenters. The lowest BCUT2D eigenvalue weighted by Gasteiger charge is -2.00. The van der Waals surface area contributed by atoms with E-state index in [-0.39, 0.29) is 0 Å². The molecule has 0 fully saturated rings. The van der Waals surface area contributed by atoms with Gasteiger partial charge in [0.15, 0.2) is 5.13 Å². The van der Waals surface area contributed by atoms with Crippen LogP contribution in [0.25, 0.3) is 22.2 Å². The van der Waals surface area contributed by atoms with Gasteiger partial charge in [-0.3, -0.25) is 0 Å². The minimum Gasteiger partial charge on any atom is -0.375 e. The Balaban J connectivity index is 1.98. The molecule has 6 heteroatoms. The lowest BCUT2D eigenvalue weighted by molar-refractivity contribution is 0.433. The molecule has 2 heterocycles. The molecule has 2 N–H and O–H groups in total. The summed E-state index contributed by atoms with van der Waals surface area (Å²) in [5.41, 5.74) is 8.97. The summed E-state index contributed by atoms with van der Waals surface area (Å²) >= 11 is 1.33. The first-order valence-electron chi connectivity index (χ1n) is 5.76. The summed E-state index contributed by atoms with van der Waals surface area (Å²) in [6, 6.07) is 6.08. The minimum atomic E-state index is 0.447. The van der Waals surface area contributed by atoms with E-state index in [1.54, 1.807) is 6.20 Å². The normalized spacial score (nSPS) is 10.8. The molecule has 5 nitrogen and oxygen atoms in total. The Bertz CT molecular complexity index is 732. The highest BCUT2D eigenvalue weighted by Crippen LogP contribution is 2.28. The molecule has 1 aromatic carbocycles. The van der Waals surface area contributed by atoms with E-state index in [0.717, 1.165) is 10.4 Å². The molecule has 19 heavy (non-hydrogen) atoms. The Kier molecular flexibility index (Phi) is 2.79. The van der Waals surface area contributed by atoms with Crippen LogP contribution in [0, 0.1) is 13.8 Å². The van der Waals surface area contributed by atoms with Gasteiger partial charge in [0.2, 0.25) is 5.82 Å². The van der Waals surface area contributed by atoms with E-state index in [0.29, 0.717) is 16.8 Å². The molecule has 96 valence electrons. The molecule has 2 aromatic heterocycles. The van der Waals surface area contributed by atoms with Gasteiger partial charge in [0, 0.05) is 5.56 Å². The van der Waals surface area contributed by atoms with E-state index < -0.39 is 0 Å². The molecule has 0 aliphatic carbocycles. The standard InChI is InChI=1S/C13H12N4OS/c1-7-3-4-9(5-8(7)2)11-16-12(18-17-11)10-6-15-13(14)19-10/h3-6H,1-2H3,(H2,14,15). The first-order chi connectivity index (χ1) is 9.13. The second kappa shape index (κ2) is 4.47. The van der Waals surface area contributed by atoms with Crippen LogP contribution in [0.2, 0.25) is 0 Å². The van der Waals surface area contributed by atoms with Crippen LogP contribution < -0.4 is 5.73 Å². The maximum absolute atomic E-state index is 5.59. The molecule has 0 saturated carbocycles. The van der Waals surface area contributed by atoms with Gasteiger partial charge in [-0.15, -0.1) is 0 Å². The Morgan fingerprint density at radius 2 is 2.05 bits per heavy atom. The van der Waals surface area contributed by atoms with Crippen molar-refractivity contribution >= 4 is 16.5 Å². The van der Waals surface area contributed by atoms with Crippen molar-refractivity contribution in [3.05, 3.63) is 35.5 Å².